The summed E-state index contributed by atoms with van der Waals surface area (Å²) in [6, 6.07) is 14.8. The maximum Gasteiger partial charge on any atom is 0.301 e. The molecule has 37 heavy (non-hydrogen) atoms. The topological polar surface area (TPSA) is 102 Å². The number of carbonyl (C=O) groups is 2. The van der Waals surface area contributed by atoms with E-state index in [-0.39, 0.29) is 11.3 Å². The van der Waals surface area contributed by atoms with Crippen LogP contribution in [-0.4, -0.2) is 40.0 Å². The van der Waals surface area contributed by atoms with Gasteiger partial charge in [-0.15, -0.1) is 0 Å². The van der Waals surface area contributed by atoms with Crippen molar-refractivity contribution in [3.8, 4) is 11.5 Å². The number of ether oxygens (including phenoxy) is 2. The van der Waals surface area contributed by atoms with Crippen molar-refractivity contribution in [2.75, 3.05) is 18.1 Å². The Balaban J connectivity index is 1.68. The number of aliphatic hydroxyl groups excluding tert-OH is 1. The largest absolute Gasteiger partial charge is 0.507 e. The lowest BCUT2D eigenvalue weighted by molar-refractivity contribution is -0.132. The van der Waals surface area contributed by atoms with Gasteiger partial charge in [0.1, 0.15) is 23.9 Å². The summed E-state index contributed by atoms with van der Waals surface area (Å²) >= 11 is 1.27. The highest BCUT2D eigenvalue weighted by Gasteiger charge is 2.48. The van der Waals surface area contributed by atoms with Gasteiger partial charge in [0.25, 0.3) is 5.78 Å². The van der Waals surface area contributed by atoms with Gasteiger partial charge in [0.05, 0.1) is 28.4 Å². The first-order valence-corrected chi connectivity index (χ1v) is 12.4. The maximum atomic E-state index is 13.5. The zero-order valence-corrected chi connectivity index (χ0v) is 20.8. The standard InChI is InChI=1S/C28H23N3O5S/c1-3-14-36-19-7-5-6-18(15-19)24-23(25(32)17-10-12-29-13-11-17)26(33)27(34)31(24)28-30-21-9-8-20(35-4-2)16-22(21)37-28/h3,5-13,15-16,24,32H,1,4,14H2,2H3. The van der Waals surface area contributed by atoms with Gasteiger partial charge in [-0.2, -0.15) is 0 Å². The first-order valence-electron chi connectivity index (χ1n) is 11.6. The molecule has 1 aliphatic rings. The highest BCUT2D eigenvalue weighted by molar-refractivity contribution is 7.22. The SMILES string of the molecule is C=CCOc1cccc(C2C(=C(O)c3ccncc3)C(=O)C(=O)N2c2nc3ccc(OCC)cc3s2)c1. The van der Waals surface area contributed by atoms with Crippen LogP contribution >= 0.6 is 11.3 Å². The van der Waals surface area contributed by atoms with Crippen molar-refractivity contribution in [1.82, 2.24) is 9.97 Å². The number of rotatable bonds is 8. The molecular formula is C28H23N3O5S. The number of anilines is 1. The average molecular weight is 514 g/mol. The molecule has 0 aliphatic carbocycles. The summed E-state index contributed by atoms with van der Waals surface area (Å²) in [5, 5.41) is 11.6. The number of amides is 1. The minimum Gasteiger partial charge on any atom is -0.507 e. The predicted octanol–water partition coefficient (Wildman–Crippen LogP) is 5.28. The van der Waals surface area contributed by atoms with Crippen LogP contribution in [0.25, 0.3) is 16.0 Å². The summed E-state index contributed by atoms with van der Waals surface area (Å²) in [5.41, 5.74) is 1.60. The van der Waals surface area contributed by atoms with Crippen molar-refractivity contribution in [1.29, 1.82) is 0 Å². The van der Waals surface area contributed by atoms with Crippen LogP contribution in [0.1, 0.15) is 24.1 Å². The third-order valence-corrected chi connectivity index (χ3v) is 6.82. The van der Waals surface area contributed by atoms with Gasteiger partial charge >= 0.3 is 5.91 Å². The molecule has 8 nitrogen and oxygen atoms in total. The van der Waals surface area contributed by atoms with Crippen LogP contribution in [0.4, 0.5) is 5.13 Å². The molecule has 0 bridgehead atoms. The van der Waals surface area contributed by atoms with E-state index in [0.717, 1.165) is 4.70 Å². The van der Waals surface area contributed by atoms with Gasteiger partial charge in [-0.25, -0.2) is 4.98 Å². The fraction of sp³-hybridized carbons (Fsp3) is 0.143. The molecule has 1 amide bonds. The minimum atomic E-state index is -0.924. The summed E-state index contributed by atoms with van der Waals surface area (Å²) in [7, 11) is 0. The third kappa shape index (κ3) is 4.56. The summed E-state index contributed by atoms with van der Waals surface area (Å²) in [4.78, 5) is 36.8. The number of ketones is 1. The number of nitrogens with zero attached hydrogens (tertiary/aromatic N) is 3. The number of hydrogen-bond acceptors (Lipinski definition) is 8. The van der Waals surface area contributed by atoms with Gasteiger partial charge in [-0.05, 0) is 55.0 Å². The van der Waals surface area contributed by atoms with Gasteiger partial charge in [0.2, 0.25) is 0 Å². The molecule has 9 heteroatoms. The molecule has 0 saturated carbocycles. The second-order valence-electron chi connectivity index (χ2n) is 8.14. The van der Waals surface area contributed by atoms with E-state index in [2.05, 4.69) is 16.5 Å². The number of pyridine rings is 1. The van der Waals surface area contributed by atoms with Crippen molar-refractivity contribution in [2.45, 2.75) is 13.0 Å². The second-order valence-corrected chi connectivity index (χ2v) is 9.15. The van der Waals surface area contributed by atoms with Crippen LogP contribution in [0.15, 0.2) is 85.2 Å². The van der Waals surface area contributed by atoms with E-state index >= 15 is 0 Å². The van der Waals surface area contributed by atoms with Crippen molar-refractivity contribution < 1.29 is 24.2 Å². The summed E-state index contributed by atoms with van der Waals surface area (Å²) in [5.74, 6) is -0.635. The number of aliphatic hydroxyl groups is 1. The van der Waals surface area contributed by atoms with Crippen molar-refractivity contribution in [3.05, 3.63) is 96.3 Å². The fourth-order valence-electron chi connectivity index (χ4n) is 4.19. The Kier molecular flexibility index (Phi) is 6.70. The molecule has 1 saturated heterocycles. The second kappa shape index (κ2) is 10.2. The summed E-state index contributed by atoms with van der Waals surface area (Å²) < 4.78 is 12.1. The third-order valence-electron chi connectivity index (χ3n) is 5.81. The van der Waals surface area contributed by atoms with Crippen LogP contribution in [0, 0.1) is 0 Å². The van der Waals surface area contributed by atoms with E-state index < -0.39 is 17.7 Å². The maximum absolute atomic E-state index is 13.5. The Hall–Kier alpha value is -4.50. The number of benzene rings is 2. The Morgan fingerprint density at radius 1 is 1.11 bits per heavy atom. The lowest BCUT2D eigenvalue weighted by atomic mass is 9.95. The first kappa shape index (κ1) is 24.2. The Bertz CT molecular complexity index is 1530. The normalized spacial score (nSPS) is 16.8. The van der Waals surface area contributed by atoms with Crippen LogP contribution < -0.4 is 14.4 Å². The molecule has 1 fully saturated rings. The number of thiazole rings is 1. The Morgan fingerprint density at radius 2 is 1.89 bits per heavy atom. The smallest absolute Gasteiger partial charge is 0.301 e. The molecule has 1 unspecified atom stereocenters. The monoisotopic (exact) mass is 513 g/mol. The molecule has 186 valence electrons. The number of hydrogen-bond donors (Lipinski definition) is 1. The molecular weight excluding hydrogens is 490 g/mol. The van der Waals surface area contributed by atoms with Gasteiger partial charge < -0.3 is 14.6 Å². The van der Waals surface area contributed by atoms with Gasteiger partial charge in [-0.3, -0.25) is 19.5 Å². The average Bonchev–Trinajstić information content (AvgIpc) is 3.45. The van der Waals surface area contributed by atoms with Gasteiger partial charge in [0.15, 0.2) is 5.13 Å². The van der Waals surface area contributed by atoms with Crippen molar-refractivity contribution >= 4 is 44.1 Å². The Labute approximate surface area is 217 Å². The molecule has 0 spiro atoms. The van der Waals surface area contributed by atoms with E-state index in [1.54, 1.807) is 42.5 Å². The Morgan fingerprint density at radius 3 is 2.65 bits per heavy atom. The number of aromatic nitrogens is 2. The van der Waals surface area contributed by atoms with Crippen LogP contribution in [-0.2, 0) is 9.59 Å². The van der Waals surface area contributed by atoms with Crippen LogP contribution in [0.2, 0.25) is 0 Å². The van der Waals surface area contributed by atoms with Gasteiger partial charge in [-0.1, -0.05) is 36.1 Å². The van der Waals surface area contributed by atoms with Gasteiger partial charge in [0, 0.05) is 18.0 Å². The minimum absolute atomic E-state index is 0.0358. The molecule has 2 aromatic heterocycles. The molecule has 2 aromatic carbocycles. The zero-order chi connectivity index (χ0) is 25.9. The van der Waals surface area contributed by atoms with Crippen LogP contribution in [0.5, 0.6) is 11.5 Å². The number of Topliss-reactive ketones (excluding diaryl/α,β-unsaturated/α-hetero) is 1. The number of fused-ring (bicyclic) bond motifs is 1. The molecule has 1 atom stereocenters. The van der Waals surface area contributed by atoms with E-state index in [4.69, 9.17) is 9.47 Å². The quantitative estimate of drug-likeness (QED) is 0.148. The predicted molar refractivity (Wildman–Crippen MR) is 142 cm³/mol. The lowest BCUT2D eigenvalue weighted by Gasteiger charge is -2.23. The van der Waals surface area contributed by atoms with E-state index in [1.165, 1.54) is 28.6 Å². The lowest BCUT2D eigenvalue weighted by Crippen LogP contribution is -2.29. The van der Waals surface area contributed by atoms with Crippen molar-refractivity contribution in [2.24, 2.45) is 0 Å². The van der Waals surface area contributed by atoms with E-state index in [1.807, 2.05) is 25.1 Å². The zero-order valence-electron chi connectivity index (χ0n) is 20.0. The molecule has 5 rings (SSSR count). The van der Waals surface area contributed by atoms with E-state index in [0.29, 0.717) is 46.5 Å². The molecule has 4 aromatic rings. The molecule has 0 radical (unpaired) electrons. The molecule has 3 heterocycles. The highest BCUT2D eigenvalue weighted by atomic mass is 32.1. The molecule has 1 N–H and O–H groups in total. The van der Waals surface area contributed by atoms with Crippen LogP contribution in [0.3, 0.4) is 0 Å². The summed E-state index contributed by atoms with van der Waals surface area (Å²) in [6.45, 7) is 6.38. The summed E-state index contributed by atoms with van der Waals surface area (Å²) in [6.07, 6.45) is 4.64. The first-order chi connectivity index (χ1) is 18.0. The molecule has 1 aliphatic heterocycles. The van der Waals surface area contributed by atoms with E-state index in [9.17, 15) is 14.7 Å². The van der Waals surface area contributed by atoms with Crippen molar-refractivity contribution in [3.63, 3.8) is 0 Å². The fourth-order valence-corrected chi connectivity index (χ4v) is 5.21. The highest BCUT2D eigenvalue weighted by Crippen LogP contribution is 2.45. The number of carbonyl (C=O) groups excluding carboxylic acids is 2.